The van der Waals surface area contributed by atoms with Gasteiger partial charge in [-0.05, 0) is 230 Å². The number of hydrogen-bond donors (Lipinski definition) is 1. The number of piperidine rings is 3. The van der Waals surface area contributed by atoms with Crippen LogP contribution in [-0.4, -0.2) is 174 Å². The van der Waals surface area contributed by atoms with E-state index in [9.17, 15) is 53.9 Å². The molecule has 0 bridgehead atoms. The van der Waals surface area contributed by atoms with Crippen molar-refractivity contribution in [1.82, 2.24) is 39.9 Å². The standard InChI is InChI=1S/C28H38F3N4O2.C27H35F3N4O2.C26H33F3N4O2/c1-7-33(24-8-10-35(5,6)11-9-24)26-22(13-19(3)16-32-26)17-34-20(4)25(37-27(34)36)21-12-18(2)14-23(15-21)28(29,30)31;1-6-33(23-7-9-32(5)10-8-23)25-21(12-18(3)15-31-25)16-34-19(4)24(36-26(34)35)20-11-17(2)13-22(14-20)27(28,29)30;1-5-32(22-6-8-30-9-7-22)24-20(11-17(3)14-31-24)15-33-18(4)23(35-25(33)34)19-10-16(2)12-21(13-19)26(27,28)29/h12-16,20,24-25H,7-11,17H2,1-6H3;11-15,19,23-24H,6-10,16H2,1-5H3;10-14,18,22-23,30H,5-9,15H2,1-4H3/q+1;;/t20-,25-;19-,24-;18-,23-/m000/s1. The highest BCUT2D eigenvalue weighted by atomic mass is 19.4. The Morgan fingerprint density at radius 2 is 0.722 bits per heavy atom. The first kappa shape index (κ1) is 82.1. The molecule has 0 spiro atoms. The Kier molecular flexibility index (Phi) is 25.7. The third-order valence-corrected chi connectivity index (χ3v) is 22.0. The van der Waals surface area contributed by atoms with Crippen molar-refractivity contribution in [3.05, 3.63) is 175 Å². The van der Waals surface area contributed by atoms with Crippen molar-refractivity contribution in [2.75, 3.05) is 94.7 Å². The quantitative estimate of drug-likeness (QED) is 0.0493. The summed E-state index contributed by atoms with van der Waals surface area (Å²) in [5, 5.41) is 3.39. The van der Waals surface area contributed by atoms with E-state index in [1.54, 1.807) is 53.7 Å². The maximum absolute atomic E-state index is 13.4. The summed E-state index contributed by atoms with van der Waals surface area (Å²) in [6, 6.07) is 17.5. The van der Waals surface area contributed by atoms with E-state index >= 15 is 0 Å². The summed E-state index contributed by atoms with van der Waals surface area (Å²) >= 11 is 0. The second-order valence-electron chi connectivity index (χ2n) is 30.9. The molecule has 6 aliphatic rings. The van der Waals surface area contributed by atoms with Crippen LogP contribution in [-0.2, 0) is 52.4 Å². The highest BCUT2D eigenvalue weighted by Crippen LogP contribution is 2.43. The van der Waals surface area contributed by atoms with E-state index in [1.807, 2.05) is 72.3 Å². The van der Waals surface area contributed by atoms with Gasteiger partial charge in [-0.1, -0.05) is 34.9 Å². The van der Waals surface area contributed by atoms with Crippen LogP contribution in [0.4, 0.5) is 71.4 Å². The summed E-state index contributed by atoms with van der Waals surface area (Å²) in [4.78, 5) is 67.3. The number of alkyl halides is 9. The van der Waals surface area contributed by atoms with Crippen LogP contribution >= 0.6 is 0 Å². The number of nitrogens with one attached hydrogen (secondary N) is 1. The molecule has 27 heteroatoms. The molecule has 3 aromatic carbocycles. The van der Waals surface area contributed by atoms with Gasteiger partial charge < -0.3 is 43.6 Å². The Balaban J connectivity index is 0.000000173. The fourth-order valence-electron chi connectivity index (χ4n) is 16.2. The molecule has 3 aromatic heterocycles. The van der Waals surface area contributed by atoms with E-state index in [0.717, 1.165) is 189 Å². The van der Waals surface area contributed by atoms with Gasteiger partial charge in [0.15, 0.2) is 0 Å². The lowest BCUT2D eigenvalue weighted by Crippen LogP contribution is -2.52. The predicted molar refractivity (Wildman–Crippen MR) is 398 cm³/mol. The number of amides is 3. The fourth-order valence-corrected chi connectivity index (χ4v) is 16.2. The monoisotopic (exact) mass is 1510 g/mol. The number of quaternary nitrogens is 1. The zero-order valence-electron chi connectivity index (χ0n) is 64.9. The van der Waals surface area contributed by atoms with Crippen LogP contribution in [0, 0.1) is 41.5 Å². The number of halogens is 9. The van der Waals surface area contributed by atoms with Gasteiger partial charge in [-0.3, -0.25) is 14.7 Å². The Bertz CT molecular complexity index is 4130. The molecule has 9 heterocycles. The molecule has 0 saturated carbocycles. The minimum absolute atomic E-state index is 0.278. The zero-order chi connectivity index (χ0) is 78.6. The summed E-state index contributed by atoms with van der Waals surface area (Å²) in [6.07, 6.45) is -5.56. The van der Waals surface area contributed by atoms with Crippen molar-refractivity contribution in [2.45, 2.75) is 214 Å². The number of pyridine rings is 3. The van der Waals surface area contributed by atoms with Crippen LogP contribution in [0.2, 0.25) is 0 Å². The second-order valence-corrected chi connectivity index (χ2v) is 30.9. The Labute approximate surface area is 629 Å². The summed E-state index contributed by atoms with van der Waals surface area (Å²) in [7, 11) is 6.64. The number of benzene rings is 3. The van der Waals surface area contributed by atoms with Crippen LogP contribution in [0.15, 0.2) is 91.4 Å². The molecule has 6 saturated heterocycles. The van der Waals surface area contributed by atoms with Gasteiger partial charge in [0.25, 0.3) is 0 Å². The van der Waals surface area contributed by atoms with Gasteiger partial charge in [-0.15, -0.1) is 0 Å². The average molecular weight is 1510 g/mol. The number of ether oxygens (including phenoxy) is 3. The van der Waals surface area contributed by atoms with Gasteiger partial charge in [0.1, 0.15) is 35.8 Å². The van der Waals surface area contributed by atoms with Gasteiger partial charge >= 0.3 is 36.8 Å². The average Bonchev–Trinajstić information content (AvgIpc) is 1.61. The molecule has 18 nitrogen and oxygen atoms in total. The first-order valence-corrected chi connectivity index (χ1v) is 37.7. The van der Waals surface area contributed by atoms with Gasteiger partial charge in [0.2, 0.25) is 0 Å². The molecule has 1 N–H and O–H groups in total. The third-order valence-electron chi connectivity index (χ3n) is 22.0. The van der Waals surface area contributed by atoms with Crippen molar-refractivity contribution < 1.29 is 72.6 Å². The minimum Gasteiger partial charge on any atom is -0.439 e. The predicted octanol–water partition coefficient (Wildman–Crippen LogP) is 17.0. The van der Waals surface area contributed by atoms with E-state index in [-0.39, 0.29) is 19.6 Å². The SMILES string of the molecule is CCN(c1ncc(C)cc1CN1C(=O)O[C@H](c2cc(C)cc(C(F)(F)F)c2)[C@@H]1C)C1CCN(C)CC1.CCN(c1ncc(C)cc1CN1C(=O)O[C@H](c2cc(C)cc(C(F)(F)F)c2)[C@@H]1C)C1CCNCC1.CCN(c1ncc(C)cc1CN1C(=O)O[C@H](c2cc(C)cc(C(F)(F)F)c2)[C@@H]1C)C1CC[N+](C)(C)CC1. The summed E-state index contributed by atoms with van der Waals surface area (Å²) in [5.41, 5.74) is 5.99. The minimum atomic E-state index is -4.47. The van der Waals surface area contributed by atoms with Crippen molar-refractivity contribution in [1.29, 1.82) is 0 Å². The lowest BCUT2D eigenvalue weighted by Gasteiger charge is -2.42. The first-order valence-electron chi connectivity index (χ1n) is 37.7. The molecule has 0 aliphatic carbocycles. The van der Waals surface area contributed by atoms with Gasteiger partial charge in [0.05, 0.1) is 81.6 Å². The number of carbonyl (C=O) groups excluding carboxylic acids is 3. The van der Waals surface area contributed by atoms with E-state index in [4.69, 9.17) is 29.2 Å². The molecule has 6 atom stereocenters. The first-order chi connectivity index (χ1) is 50.8. The van der Waals surface area contributed by atoms with E-state index in [1.165, 1.54) is 0 Å². The van der Waals surface area contributed by atoms with Crippen LogP contribution in [0.5, 0.6) is 0 Å². The number of rotatable bonds is 18. The molecule has 6 fully saturated rings. The van der Waals surface area contributed by atoms with Crippen molar-refractivity contribution in [2.24, 2.45) is 0 Å². The molecule has 6 aliphatic heterocycles. The van der Waals surface area contributed by atoms with E-state index in [0.29, 0.717) is 51.5 Å². The Morgan fingerprint density at radius 3 is 1.01 bits per heavy atom. The number of nitrogens with zero attached hydrogens (tertiary/aromatic N) is 11. The molecule has 6 aromatic rings. The number of likely N-dealkylation sites (tertiary alicyclic amines) is 2. The lowest BCUT2D eigenvalue weighted by molar-refractivity contribution is -0.895. The normalized spacial score (nSPS) is 21.8. The molecular formula is C81H106F9N12O6+. The van der Waals surface area contributed by atoms with Crippen molar-refractivity contribution in [3.8, 4) is 0 Å². The Hall–Kier alpha value is -8.43. The number of hydrogen-bond acceptors (Lipinski definition) is 14. The molecule has 588 valence electrons. The van der Waals surface area contributed by atoms with Gasteiger partial charge in [0, 0.05) is 85.9 Å². The fraction of sp³-hybridized carbons (Fsp3) is 0.556. The summed E-state index contributed by atoms with van der Waals surface area (Å²) in [6.45, 7) is 31.9. The number of aryl methyl sites for hydroxylation is 6. The maximum Gasteiger partial charge on any atom is 0.416 e. The molecular weight excluding hydrogens is 1410 g/mol. The zero-order valence-corrected chi connectivity index (χ0v) is 64.9. The smallest absolute Gasteiger partial charge is 0.416 e. The molecule has 0 radical (unpaired) electrons. The lowest BCUT2D eigenvalue weighted by atomic mass is 9.98. The molecule has 108 heavy (non-hydrogen) atoms. The van der Waals surface area contributed by atoms with Crippen molar-refractivity contribution in [3.63, 3.8) is 0 Å². The number of aromatic nitrogens is 3. The van der Waals surface area contributed by atoms with Gasteiger partial charge in [-0.25, -0.2) is 29.3 Å². The highest BCUT2D eigenvalue weighted by molar-refractivity contribution is 5.73. The van der Waals surface area contributed by atoms with Crippen LogP contribution < -0.4 is 20.0 Å². The molecule has 3 amide bonds. The Morgan fingerprint density at radius 1 is 0.435 bits per heavy atom. The van der Waals surface area contributed by atoms with Crippen molar-refractivity contribution >= 4 is 35.7 Å². The van der Waals surface area contributed by atoms with E-state index < -0.39 is 89.9 Å². The van der Waals surface area contributed by atoms with Gasteiger partial charge in [-0.2, -0.15) is 39.5 Å². The van der Waals surface area contributed by atoms with Crippen LogP contribution in [0.25, 0.3) is 0 Å². The highest BCUT2D eigenvalue weighted by Gasteiger charge is 2.46. The maximum atomic E-state index is 13.4. The third kappa shape index (κ3) is 19.4. The molecule has 12 rings (SSSR count). The largest absolute Gasteiger partial charge is 0.439 e. The second kappa shape index (κ2) is 33.8. The number of carbonyl (C=O) groups is 3. The number of cyclic esters (lactones) is 3. The number of anilines is 3. The van der Waals surface area contributed by atoms with Crippen LogP contribution in [0.1, 0.15) is 182 Å². The van der Waals surface area contributed by atoms with Crippen LogP contribution in [0.3, 0.4) is 0 Å². The summed E-state index contributed by atoms with van der Waals surface area (Å²) in [5.74, 6) is 2.57. The summed E-state index contributed by atoms with van der Waals surface area (Å²) < 4.78 is 139. The van der Waals surface area contributed by atoms with E-state index in [2.05, 4.69) is 72.9 Å². The molecule has 0 unspecified atom stereocenters. The topological polar surface area (TPSA) is 152 Å².